The van der Waals surface area contributed by atoms with E-state index < -0.39 is 0 Å². The molecule has 8 fully saturated rings. The van der Waals surface area contributed by atoms with Crippen LogP contribution in [0.1, 0.15) is 97.3 Å². The molecule has 194 valence electrons. The SMILES string of the molecule is CN(C(=O)C1CC[C@H]2[C@@H]3CCC4N(C)C(=O)CC[C@]4(C)[C@@H]3CC[C@]12C)C1C2CC3CC(C2)CC1C3. The van der Waals surface area contributed by atoms with Crippen molar-refractivity contribution in [3.05, 3.63) is 0 Å². The first kappa shape index (κ1) is 23.1. The molecule has 0 radical (unpaired) electrons. The number of hydrogen-bond acceptors (Lipinski definition) is 2. The summed E-state index contributed by atoms with van der Waals surface area (Å²) >= 11 is 0. The largest absolute Gasteiger partial charge is 0.342 e. The van der Waals surface area contributed by atoms with Gasteiger partial charge in [-0.05, 0) is 129 Å². The number of fused-ring (bicyclic) bond motifs is 5. The van der Waals surface area contributed by atoms with Gasteiger partial charge in [0, 0.05) is 38.5 Å². The van der Waals surface area contributed by atoms with Crippen LogP contribution in [0.5, 0.6) is 0 Å². The van der Waals surface area contributed by atoms with Crippen molar-refractivity contribution >= 4 is 11.8 Å². The lowest BCUT2D eigenvalue weighted by Crippen LogP contribution is -2.62. The minimum Gasteiger partial charge on any atom is -0.342 e. The number of piperidine rings is 1. The van der Waals surface area contributed by atoms with Crippen molar-refractivity contribution in [1.29, 1.82) is 0 Å². The third-order valence-corrected chi connectivity index (χ3v) is 13.8. The second kappa shape index (κ2) is 7.73. The summed E-state index contributed by atoms with van der Waals surface area (Å²) in [6, 6.07) is 0.954. The van der Waals surface area contributed by atoms with Crippen molar-refractivity contribution in [3.63, 3.8) is 0 Å². The molecule has 8 rings (SSSR count). The third-order valence-electron chi connectivity index (χ3n) is 13.8. The fourth-order valence-corrected chi connectivity index (χ4v) is 12.5. The summed E-state index contributed by atoms with van der Waals surface area (Å²) in [6.45, 7) is 5.02. The topological polar surface area (TPSA) is 40.6 Å². The van der Waals surface area contributed by atoms with Crippen LogP contribution in [0, 0.1) is 58.2 Å². The van der Waals surface area contributed by atoms with Gasteiger partial charge in [-0.3, -0.25) is 9.59 Å². The van der Waals surface area contributed by atoms with E-state index in [9.17, 15) is 9.59 Å². The van der Waals surface area contributed by atoms with E-state index in [1.807, 2.05) is 0 Å². The molecule has 0 N–H and O–H groups in total. The highest BCUT2D eigenvalue weighted by molar-refractivity contribution is 5.80. The molecule has 0 spiro atoms. The number of rotatable bonds is 2. The van der Waals surface area contributed by atoms with E-state index in [0.717, 1.165) is 54.8 Å². The van der Waals surface area contributed by atoms with Gasteiger partial charge in [0.2, 0.25) is 11.8 Å². The zero-order chi connectivity index (χ0) is 24.3. The Bertz CT molecular complexity index is 888. The Morgan fingerprint density at radius 1 is 0.857 bits per heavy atom. The van der Waals surface area contributed by atoms with Gasteiger partial charge >= 0.3 is 0 Å². The van der Waals surface area contributed by atoms with Crippen LogP contribution in [0.25, 0.3) is 0 Å². The number of amides is 2. The average Bonchev–Trinajstić information content (AvgIpc) is 3.17. The van der Waals surface area contributed by atoms with Crippen LogP contribution < -0.4 is 0 Å². The van der Waals surface area contributed by atoms with Crippen molar-refractivity contribution in [3.8, 4) is 0 Å². The molecular formula is C31H48N2O2. The molecule has 2 unspecified atom stereocenters. The molecule has 4 bridgehead atoms. The van der Waals surface area contributed by atoms with Gasteiger partial charge in [0.15, 0.2) is 0 Å². The maximum atomic E-state index is 14.2. The molecule has 2 amide bonds. The second-order valence-corrected chi connectivity index (χ2v) is 15.0. The van der Waals surface area contributed by atoms with E-state index in [1.165, 1.54) is 64.2 Å². The lowest BCUT2D eigenvalue weighted by Gasteiger charge is -2.62. The Kier molecular flexibility index (Phi) is 5.10. The summed E-state index contributed by atoms with van der Waals surface area (Å²) in [4.78, 5) is 31.1. The van der Waals surface area contributed by atoms with Gasteiger partial charge < -0.3 is 9.80 Å². The first-order chi connectivity index (χ1) is 16.7. The Balaban J connectivity index is 1.11. The molecule has 35 heavy (non-hydrogen) atoms. The summed E-state index contributed by atoms with van der Waals surface area (Å²) in [5, 5.41) is 0. The van der Waals surface area contributed by atoms with Crippen LogP contribution in [0.2, 0.25) is 0 Å². The molecule has 7 saturated carbocycles. The molecule has 1 saturated heterocycles. The first-order valence-corrected chi connectivity index (χ1v) is 15.2. The van der Waals surface area contributed by atoms with Gasteiger partial charge in [0.1, 0.15) is 0 Å². The van der Waals surface area contributed by atoms with E-state index in [4.69, 9.17) is 0 Å². The Labute approximate surface area is 212 Å². The predicted molar refractivity (Wildman–Crippen MR) is 137 cm³/mol. The molecule has 1 aliphatic heterocycles. The number of hydrogen-bond donors (Lipinski definition) is 0. The van der Waals surface area contributed by atoms with E-state index in [0.29, 0.717) is 29.8 Å². The third kappa shape index (κ3) is 3.09. The zero-order valence-corrected chi connectivity index (χ0v) is 22.7. The molecule has 7 aliphatic carbocycles. The molecule has 0 aromatic rings. The molecule has 1 heterocycles. The van der Waals surface area contributed by atoms with Gasteiger partial charge in [-0.2, -0.15) is 0 Å². The van der Waals surface area contributed by atoms with Crippen LogP contribution in [0.15, 0.2) is 0 Å². The van der Waals surface area contributed by atoms with Gasteiger partial charge in [-0.1, -0.05) is 13.8 Å². The van der Waals surface area contributed by atoms with Crippen LogP contribution >= 0.6 is 0 Å². The number of likely N-dealkylation sites (tertiary alicyclic amines) is 1. The van der Waals surface area contributed by atoms with Crippen molar-refractivity contribution in [2.75, 3.05) is 14.1 Å². The van der Waals surface area contributed by atoms with Gasteiger partial charge in [0.05, 0.1) is 0 Å². The molecule has 4 nitrogen and oxygen atoms in total. The smallest absolute Gasteiger partial charge is 0.226 e. The molecular weight excluding hydrogens is 432 g/mol. The Morgan fingerprint density at radius 3 is 2.20 bits per heavy atom. The average molecular weight is 481 g/mol. The highest BCUT2D eigenvalue weighted by Gasteiger charge is 2.63. The van der Waals surface area contributed by atoms with Crippen molar-refractivity contribution < 1.29 is 9.59 Å². The number of carbonyl (C=O) groups excluding carboxylic acids is 2. The summed E-state index contributed by atoms with van der Waals surface area (Å²) in [6.07, 6.45) is 16.1. The van der Waals surface area contributed by atoms with E-state index in [1.54, 1.807) is 0 Å². The lowest BCUT2D eigenvalue weighted by molar-refractivity contribution is -0.163. The Morgan fingerprint density at radius 2 is 1.51 bits per heavy atom. The number of carbonyl (C=O) groups is 2. The second-order valence-electron chi connectivity index (χ2n) is 15.0. The quantitative estimate of drug-likeness (QED) is 0.505. The van der Waals surface area contributed by atoms with Gasteiger partial charge in [-0.15, -0.1) is 0 Å². The fourth-order valence-electron chi connectivity index (χ4n) is 12.5. The van der Waals surface area contributed by atoms with E-state index >= 15 is 0 Å². The molecule has 4 heteroatoms. The minimum atomic E-state index is 0.179. The standard InChI is InChI=1S/C31H48N2O2/c1-30-11-9-24-22(5-8-26-31(24,2)12-10-27(34)32(26)3)23(30)6-7-25(30)29(35)33(4)28-20-14-18-13-19(16-20)17-21(28)15-18/h18-26,28H,5-17H2,1-4H3/t18?,19?,20?,21?,22-,23-,24+,25?,26?,28?,30-,31+/m0/s1. The van der Waals surface area contributed by atoms with Crippen LogP contribution in [-0.2, 0) is 9.59 Å². The highest BCUT2D eigenvalue weighted by Crippen LogP contribution is 2.66. The normalized spacial score (nSPS) is 54.3. The van der Waals surface area contributed by atoms with Crippen molar-refractivity contribution in [2.45, 2.75) is 109 Å². The fraction of sp³-hybridized carbons (Fsp3) is 0.935. The highest BCUT2D eigenvalue weighted by atomic mass is 16.2. The zero-order valence-electron chi connectivity index (χ0n) is 22.7. The molecule has 8 aliphatic rings. The van der Waals surface area contributed by atoms with Crippen molar-refractivity contribution in [2.24, 2.45) is 58.2 Å². The number of nitrogens with zero attached hydrogens (tertiary/aromatic N) is 2. The monoisotopic (exact) mass is 480 g/mol. The van der Waals surface area contributed by atoms with Crippen LogP contribution in [0.4, 0.5) is 0 Å². The van der Waals surface area contributed by atoms with Gasteiger partial charge in [0.25, 0.3) is 0 Å². The Hall–Kier alpha value is -1.06. The van der Waals surface area contributed by atoms with Crippen LogP contribution in [-0.4, -0.2) is 47.8 Å². The molecule has 0 aromatic carbocycles. The van der Waals surface area contributed by atoms with E-state index in [-0.39, 0.29) is 16.7 Å². The predicted octanol–water partition coefficient (Wildman–Crippen LogP) is 5.75. The summed E-state index contributed by atoms with van der Waals surface area (Å²) in [7, 11) is 4.25. The maximum absolute atomic E-state index is 14.2. The minimum absolute atomic E-state index is 0.179. The van der Waals surface area contributed by atoms with Crippen LogP contribution in [0.3, 0.4) is 0 Å². The first-order valence-electron chi connectivity index (χ1n) is 15.2. The summed E-state index contributed by atoms with van der Waals surface area (Å²) in [5.41, 5.74) is 0.449. The summed E-state index contributed by atoms with van der Waals surface area (Å²) < 4.78 is 0. The van der Waals surface area contributed by atoms with E-state index in [2.05, 4.69) is 37.7 Å². The molecule has 0 aromatic heterocycles. The van der Waals surface area contributed by atoms with Gasteiger partial charge in [-0.25, -0.2) is 0 Å². The molecule has 7 atom stereocenters. The lowest BCUT2D eigenvalue weighted by atomic mass is 9.46. The van der Waals surface area contributed by atoms with Crippen molar-refractivity contribution in [1.82, 2.24) is 9.80 Å². The maximum Gasteiger partial charge on any atom is 0.226 e. The summed E-state index contributed by atoms with van der Waals surface area (Å²) in [5.74, 6) is 6.76.